The summed E-state index contributed by atoms with van der Waals surface area (Å²) in [6.07, 6.45) is 0. The van der Waals surface area contributed by atoms with Gasteiger partial charge < -0.3 is 10.8 Å². The third-order valence-electron chi connectivity index (χ3n) is 6.22. The SMILES string of the molecule is C=C(N)c1cccc(C(C)c2ccc(C(=O)O)cc2-c2ccc(-c3ccccc3S(N)(=O)=O)cc2)c1. The van der Waals surface area contributed by atoms with E-state index in [0.717, 1.165) is 27.8 Å². The molecular formula is C29H26N2O4S. The van der Waals surface area contributed by atoms with Crippen molar-refractivity contribution in [2.45, 2.75) is 17.7 Å². The van der Waals surface area contributed by atoms with Crippen molar-refractivity contribution in [3.8, 4) is 22.3 Å². The van der Waals surface area contributed by atoms with Gasteiger partial charge in [0.15, 0.2) is 0 Å². The van der Waals surface area contributed by atoms with Gasteiger partial charge >= 0.3 is 5.97 Å². The van der Waals surface area contributed by atoms with E-state index in [0.29, 0.717) is 16.8 Å². The average molecular weight is 499 g/mol. The van der Waals surface area contributed by atoms with Crippen molar-refractivity contribution in [3.05, 3.63) is 120 Å². The van der Waals surface area contributed by atoms with Gasteiger partial charge in [-0.15, -0.1) is 0 Å². The third-order valence-corrected chi connectivity index (χ3v) is 7.19. The molecule has 0 aliphatic carbocycles. The van der Waals surface area contributed by atoms with Gasteiger partial charge in [-0.05, 0) is 57.6 Å². The molecule has 4 aromatic carbocycles. The molecule has 0 aliphatic rings. The fourth-order valence-corrected chi connectivity index (χ4v) is 5.05. The van der Waals surface area contributed by atoms with Gasteiger partial charge in [-0.25, -0.2) is 18.4 Å². The Morgan fingerprint density at radius 2 is 1.47 bits per heavy atom. The second-order valence-electron chi connectivity index (χ2n) is 8.60. The van der Waals surface area contributed by atoms with E-state index < -0.39 is 16.0 Å². The van der Waals surface area contributed by atoms with Crippen molar-refractivity contribution in [3.63, 3.8) is 0 Å². The zero-order valence-electron chi connectivity index (χ0n) is 19.7. The molecular weight excluding hydrogens is 472 g/mol. The Morgan fingerprint density at radius 3 is 2.08 bits per heavy atom. The number of sulfonamides is 1. The van der Waals surface area contributed by atoms with Crippen LogP contribution in [-0.2, 0) is 10.0 Å². The van der Waals surface area contributed by atoms with Crippen molar-refractivity contribution >= 4 is 21.7 Å². The maximum atomic E-state index is 12.0. The summed E-state index contributed by atoms with van der Waals surface area (Å²) in [5, 5.41) is 15.0. The van der Waals surface area contributed by atoms with Gasteiger partial charge in [-0.3, -0.25) is 0 Å². The molecule has 182 valence electrons. The van der Waals surface area contributed by atoms with E-state index in [1.165, 1.54) is 6.07 Å². The van der Waals surface area contributed by atoms with Crippen LogP contribution < -0.4 is 10.9 Å². The molecule has 0 aromatic heterocycles. The fourth-order valence-electron chi connectivity index (χ4n) is 4.29. The highest BCUT2D eigenvalue weighted by atomic mass is 32.2. The zero-order chi connectivity index (χ0) is 26.0. The van der Waals surface area contributed by atoms with Gasteiger partial charge in [0.25, 0.3) is 0 Å². The minimum absolute atomic E-state index is 0.0429. The first-order chi connectivity index (χ1) is 17.1. The first kappa shape index (κ1) is 24.9. The van der Waals surface area contributed by atoms with E-state index in [2.05, 4.69) is 6.58 Å². The van der Waals surface area contributed by atoms with Crippen LogP contribution in [-0.4, -0.2) is 19.5 Å². The first-order valence-electron chi connectivity index (χ1n) is 11.2. The smallest absolute Gasteiger partial charge is 0.335 e. The van der Waals surface area contributed by atoms with E-state index in [1.807, 2.05) is 49.4 Å². The molecule has 0 radical (unpaired) electrons. The average Bonchev–Trinajstić information content (AvgIpc) is 2.87. The van der Waals surface area contributed by atoms with Crippen LogP contribution in [0.5, 0.6) is 0 Å². The van der Waals surface area contributed by atoms with Crippen molar-refractivity contribution in [2.24, 2.45) is 10.9 Å². The Bertz CT molecular complexity index is 1580. The molecule has 1 unspecified atom stereocenters. The number of hydrogen-bond donors (Lipinski definition) is 3. The molecule has 4 rings (SSSR count). The fraction of sp³-hybridized carbons (Fsp3) is 0.0690. The number of hydrogen-bond acceptors (Lipinski definition) is 4. The first-order valence-corrected chi connectivity index (χ1v) is 12.8. The van der Waals surface area contributed by atoms with Crippen LogP contribution in [0.3, 0.4) is 0 Å². The highest BCUT2D eigenvalue weighted by Crippen LogP contribution is 2.36. The van der Waals surface area contributed by atoms with E-state index in [-0.39, 0.29) is 16.4 Å². The number of rotatable bonds is 7. The van der Waals surface area contributed by atoms with Gasteiger partial charge in [0.2, 0.25) is 10.0 Å². The van der Waals surface area contributed by atoms with Gasteiger partial charge in [0.1, 0.15) is 0 Å². The molecule has 6 nitrogen and oxygen atoms in total. The Balaban J connectivity index is 1.81. The Kier molecular flexibility index (Phi) is 6.79. The van der Waals surface area contributed by atoms with E-state index in [4.69, 9.17) is 10.9 Å². The summed E-state index contributed by atoms with van der Waals surface area (Å²) in [5.41, 5.74) is 12.1. The minimum Gasteiger partial charge on any atom is -0.478 e. The molecule has 0 bridgehead atoms. The zero-order valence-corrected chi connectivity index (χ0v) is 20.5. The predicted molar refractivity (Wildman–Crippen MR) is 143 cm³/mol. The summed E-state index contributed by atoms with van der Waals surface area (Å²) in [6.45, 7) is 5.87. The molecule has 0 heterocycles. The summed E-state index contributed by atoms with van der Waals surface area (Å²) in [7, 11) is -3.90. The lowest BCUT2D eigenvalue weighted by Crippen LogP contribution is -2.13. The van der Waals surface area contributed by atoms with Crippen LogP contribution in [0.25, 0.3) is 28.0 Å². The van der Waals surface area contributed by atoms with E-state index in [1.54, 1.807) is 42.5 Å². The Morgan fingerprint density at radius 1 is 0.833 bits per heavy atom. The maximum Gasteiger partial charge on any atom is 0.335 e. The second kappa shape index (κ2) is 9.81. The topological polar surface area (TPSA) is 123 Å². The molecule has 0 saturated heterocycles. The number of primary sulfonamides is 1. The number of aromatic carboxylic acids is 1. The van der Waals surface area contributed by atoms with Crippen molar-refractivity contribution < 1.29 is 18.3 Å². The van der Waals surface area contributed by atoms with Crippen molar-refractivity contribution in [1.29, 1.82) is 0 Å². The molecule has 4 aromatic rings. The summed E-state index contributed by atoms with van der Waals surface area (Å²) >= 11 is 0. The molecule has 7 heteroatoms. The van der Waals surface area contributed by atoms with E-state index in [9.17, 15) is 18.3 Å². The lowest BCUT2D eigenvalue weighted by atomic mass is 9.85. The summed E-state index contributed by atoms with van der Waals surface area (Å²) in [4.78, 5) is 11.8. The maximum absolute atomic E-state index is 12.0. The molecule has 0 aliphatic heterocycles. The minimum atomic E-state index is -3.90. The number of carboxylic acids is 1. The molecule has 0 fully saturated rings. The normalized spacial score (nSPS) is 12.2. The van der Waals surface area contributed by atoms with Gasteiger partial charge in [-0.2, -0.15) is 0 Å². The molecule has 36 heavy (non-hydrogen) atoms. The number of benzene rings is 4. The number of nitrogens with two attached hydrogens (primary N) is 2. The van der Waals surface area contributed by atoms with Crippen molar-refractivity contribution in [2.75, 3.05) is 0 Å². The second-order valence-corrected chi connectivity index (χ2v) is 10.1. The van der Waals surface area contributed by atoms with Crippen molar-refractivity contribution in [1.82, 2.24) is 0 Å². The summed E-state index contributed by atoms with van der Waals surface area (Å²) in [5.74, 6) is -1.08. The number of carboxylic acid groups (broad SMARTS) is 1. The highest BCUT2D eigenvalue weighted by molar-refractivity contribution is 7.89. The monoisotopic (exact) mass is 498 g/mol. The quantitative estimate of drug-likeness (QED) is 0.313. The Labute approximate surface area is 210 Å². The lowest BCUT2D eigenvalue weighted by Gasteiger charge is -2.19. The molecule has 0 amide bonds. The number of carbonyl (C=O) groups is 1. The van der Waals surface area contributed by atoms with Gasteiger partial charge in [0, 0.05) is 17.2 Å². The van der Waals surface area contributed by atoms with Crippen LogP contribution in [0.4, 0.5) is 0 Å². The largest absolute Gasteiger partial charge is 0.478 e. The van der Waals surface area contributed by atoms with Crippen LogP contribution >= 0.6 is 0 Å². The van der Waals surface area contributed by atoms with E-state index >= 15 is 0 Å². The summed E-state index contributed by atoms with van der Waals surface area (Å²) in [6, 6.07) is 26.7. The molecule has 0 spiro atoms. The standard InChI is InChI=1S/C29H26N2O4S/c1-18(22-6-5-7-23(16-22)19(2)30)25-15-14-24(29(32)33)17-27(25)21-12-10-20(11-13-21)26-8-3-4-9-28(26)36(31,34)35/h3-18H,2,30H2,1H3,(H,32,33)(H2,31,34,35). The predicted octanol–water partition coefficient (Wildman–Crippen LogP) is 5.45. The lowest BCUT2D eigenvalue weighted by molar-refractivity contribution is 0.0697. The molecule has 5 N–H and O–H groups in total. The third kappa shape index (κ3) is 5.07. The van der Waals surface area contributed by atoms with Crippen LogP contribution in [0, 0.1) is 0 Å². The molecule has 1 atom stereocenters. The van der Waals surface area contributed by atoms with Gasteiger partial charge in [-0.1, -0.05) is 80.2 Å². The van der Waals surface area contributed by atoms with Gasteiger partial charge in [0.05, 0.1) is 10.5 Å². The summed E-state index contributed by atoms with van der Waals surface area (Å²) < 4.78 is 24.1. The molecule has 0 saturated carbocycles. The highest BCUT2D eigenvalue weighted by Gasteiger charge is 2.18. The van der Waals surface area contributed by atoms with Crippen LogP contribution in [0.15, 0.2) is 102 Å². The van der Waals surface area contributed by atoms with Crippen LogP contribution in [0.2, 0.25) is 0 Å². The Hall–Kier alpha value is -4.20. The van der Waals surface area contributed by atoms with Crippen LogP contribution in [0.1, 0.15) is 39.9 Å².